The summed E-state index contributed by atoms with van der Waals surface area (Å²) in [4.78, 5) is 22.6. The van der Waals surface area contributed by atoms with Crippen LogP contribution in [0, 0.1) is 11.8 Å². The van der Waals surface area contributed by atoms with Gasteiger partial charge in [-0.3, -0.25) is 9.59 Å². The van der Waals surface area contributed by atoms with Crippen molar-refractivity contribution in [1.82, 2.24) is 5.32 Å². The summed E-state index contributed by atoms with van der Waals surface area (Å²) in [5, 5.41) is 11.7. The molecule has 1 aliphatic carbocycles. The zero-order valence-corrected chi connectivity index (χ0v) is 9.45. The number of hydrogen-bond acceptors (Lipinski definition) is 3. The lowest BCUT2D eigenvalue weighted by Gasteiger charge is -2.15. The molecule has 4 N–H and O–H groups in total. The van der Waals surface area contributed by atoms with Gasteiger partial charge in [0.15, 0.2) is 0 Å². The normalized spacial score (nSPS) is 24.3. The number of hydrogen-bond donors (Lipinski definition) is 3. The second-order valence-electron chi connectivity index (χ2n) is 4.27. The van der Waals surface area contributed by atoms with E-state index < -0.39 is 11.9 Å². The molecule has 92 valence electrons. The number of unbranched alkanes of at least 4 members (excludes halogenated alkanes) is 1. The van der Waals surface area contributed by atoms with E-state index in [0.717, 1.165) is 19.3 Å². The third-order valence-corrected chi connectivity index (χ3v) is 3.10. The Hall–Kier alpha value is -1.10. The van der Waals surface area contributed by atoms with Crippen LogP contribution < -0.4 is 11.1 Å². The molecular formula is C11H20N2O3. The highest BCUT2D eigenvalue weighted by Crippen LogP contribution is 2.31. The Kier molecular flexibility index (Phi) is 5.25. The van der Waals surface area contributed by atoms with Crippen molar-refractivity contribution < 1.29 is 14.7 Å². The van der Waals surface area contributed by atoms with Crippen molar-refractivity contribution in [3.8, 4) is 0 Å². The molecule has 5 heteroatoms. The van der Waals surface area contributed by atoms with Gasteiger partial charge in [0, 0.05) is 6.54 Å². The van der Waals surface area contributed by atoms with Crippen LogP contribution in [0.2, 0.25) is 0 Å². The first kappa shape index (κ1) is 13.0. The Bertz CT molecular complexity index is 256. The van der Waals surface area contributed by atoms with Crippen LogP contribution >= 0.6 is 0 Å². The van der Waals surface area contributed by atoms with Crippen LogP contribution in [-0.4, -0.2) is 30.1 Å². The van der Waals surface area contributed by atoms with Gasteiger partial charge in [-0.25, -0.2) is 0 Å². The first-order valence-electron chi connectivity index (χ1n) is 5.87. The van der Waals surface area contributed by atoms with Crippen LogP contribution in [0.3, 0.4) is 0 Å². The maximum atomic E-state index is 11.7. The molecule has 0 spiro atoms. The highest BCUT2D eigenvalue weighted by molar-refractivity contribution is 5.85. The average molecular weight is 228 g/mol. The molecule has 0 aromatic carbocycles. The fourth-order valence-electron chi connectivity index (χ4n) is 2.18. The van der Waals surface area contributed by atoms with Crippen LogP contribution in [0.5, 0.6) is 0 Å². The molecule has 16 heavy (non-hydrogen) atoms. The van der Waals surface area contributed by atoms with E-state index in [2.05, 4.69) is 5.32 Å². The molecule has 0 bridgehead atoms. The Balaban J connectivity index is 2.32. The van der Waals surface area contributed by atoms with E-state index in [1.165, 1.54) is 0 Å². The Labute approximate surface area is 95.4 Å². The third-order valence-electron chi connectivity index (χ3n) is 3.10. The minimum Gasteiger partial charge on any atom is -0.481 e. The van der Waals surface area contributed by atoms with Crippen LogP contribution in [0.25, 0.3) is 0 Å². The summed E-state index contributed by atoms with van der Waals surface area (Å²) in [6.07, 6.45) is 3.88. The molecule has 2 atom stereocenters. The van der Waals surface area contributed by atoms with Gasteiger partial charge in [-0.2, -0.15) is 0 Å². The minimum absolute atomic E-state index is 0.109. The lowest BCUT2D eigenvalue weighted by Crippen LogP contribution is -2.35. The summed E-state index contributed by atoms with van der Waals surface area (Å²) in [7, 11) is 0. The van der Waals surface area contributed by atoms with Gasteiger partial charge in [0.1, 0.15) is 0 Å². The number of nitrogens with one attached hydrogen (secondary N) is 1. The zero-order chi connectivity index (χ0) is 12.0. The van der Waals surface area contributed by atoms with Gasteiger partial charge in [0.25, 0.3) is 0 Å². The van der Waals surface area contributed by atoms with Crippen molar-refractivity contribution in [2.45, 2.75) is 32.1 Å². The Morgan fingerprint density at radius 2 is 1.94 bits per heavy atom. The zero-order valence-electron chi connectivity index (χ0n) is 9.45. The molecule has 0 heterocycles. The molecule has 1 amide bonds. The van der Waals surface area contributed by atoms with Crippen molar-refractivity contribution in [1.29, 1.82) is 0 Å². The molecule has 0 radical (unpaired) electrons. The highest BCUT2D eigenvalue weighted by atomic mass is 16.4. The van der Waals surface area contributed by atoms with Gasteiger partial charge in [-0.05, 0) is 32.2 Å². The number of rotatable bonds is 6. The minimum atomic E-state index is -0.848. The SMILES string of the molecule is NCCCCNC(=O)C1CCCC1C(=O)O. The molecule has 1 saturated carbocycles. The number of amides is 1. The topological polar surface area (TPSA) is 92.4 Å². The van der Waals surface area contributed by atoms with Gasteiger partial charge in [0.2, 0.25) is 5.91 Å². The number of carbonyl (C=O) groups excluding carboxylic acids is 1. The Morgan fingerprint density at radius 1 is 1.25 bits per heavy atom. The Morgan fingerprint density at radius 3 is 2.56 bits per heavy atom. The molecule has 1 fully saturated rings. The fourth-order valence-corrected chi connectivity index (χ4v) is 2.18. The molecule has 2 unspecified atom stereocenters. The standard InChI is InChI=1S/C11H20N2O3/c12-6-1-2-7-13-10(14)8-4-3-5-9(8)11(15)16/h8-9H,1-7,12H2,(H,13,14)(H,15,16). The summed E-state index contributed by atoms with van der Waals surface area (Å²) in [5.41, 5.74) is 5.34. The average Bonchev–Trinajstić information content (AvgIpc) is 2.73. The maximum absolute atomic E-state index is 11.7. The van der Waals surface area contributed by atoms with E-state index in [9.17, 15) is 9.59 Å². The lowest BCUT2D eigenvalue weighted by molar-refractivity contribution is -0.146. The fraction of sp³-hybridized carbons (Fsp3) is 0.818. The van der Waals surface area contributed by atoms with E-state index in [0.29, 0.717) is 25.9 Å². The quantitative estimate of drug-likeness (QED) is 0.572. The van der Waals surface area contributed by atoms with Crippen molar-refractivity contribution in [2.24, 2.45) is 17.6 Å². The van der Waals surface area contributed by atoms with Gasteiger partial charge in [-0.15, -0.1) is 0 Å². The maximum Gasteiger partial charge on any atom is 0.307 e. The third kappa shape index (κ3) is 3.48. The molecule has 0 aromatic rings. The monoisotopic (exact) mass is 228 g/mol. The summed E-state index contributed by atoms with van der Waals surface area (Å²) in [6.45, 7) is 1.22. The number of carbonyl (C=O) groups is 2. The van der Waals surface area contributed by atoms with E-state index >= 15 is 0 Å². The molecule has 5 nitrogen and oxygen atoms in total. The molecule has 1 rings (SSSR count). The first-order chi connectivity index (χ1) is 7.66. The van der Waals surface area contributed by atoms with Gasteiger partial charge < -0.3 is 16.2 Å². The van der Waals surface area contributed by atoms with Crippen LogP contribution in [0.4, 0.5) is 0 Å². The van der Waals surface area contributed by atoms with Crippen molar-refractivity contribution in [3.05, 3.63) is 0 Å². The van der Waals surface area contributed by atoms with Crippen molar-refractivity contribution in [2.75, 3.05) is 13.1 Å². The number of carboxylic acid groups (broad SMARTS) is 1. The van der Waals surface area contributed by atoms with Crippen molar-refractivity contribution in [3.63, 3.8) is 0 Å². The number of carboxylic acids is 1. The molecule has 0 aliphatic heterocycles. The van der Waals surface area contributed by atoms with E-state index in [4.69, 9.17) is 10.8 Å². The summed E-state index contributed by atoms with van der Waals surface area (Å²) >= 11 is 0. The van der Waals surface area contributed by atoms with Gasteiger partial charge in [-0.1, -0.05) is 6.42 Å². The summed E-state index contributed by atoms with van der Waals surface area (Å²) in [6, 6.07) is 0. The van der Waals surface area contributed by atoms with Gasteiger partial charge >= 0.3 is 5.97 Å². The predicted molar refractivity (Wildman–Crippen MR) is 59.8 cm³/mol. The second kappa shape index (κ2) is 6.48. The summed E-state index contributed by atoms with van der Waals surface area (Å²) in [5.74, 6) is -1.79. The molecule has 0 aromatic heterocycles. The van der Waals surface area contributed by atoms with E-state index in [-0.39, 0.29) is 11.8 Å². The smallest absolute Gasteiger partial charge is 0.307 e. The molecule has 1 aliphatic rings. The molecule has 0 saturated heterocycles. The number of nitrogens with two attached hydrogens (primary N) is 1. The van der Waals surface area contributed by atoms with Crippen LogP contribution in [0.15, 0.2) is 0 Å². The van der Waals surface area contributed by atoms with Crippen LogP contribution in [-0.2, 0) is 9.59 Å². The largest absolute Gasteiger partial charge is 0.481 e. The summed E-state index contributed by atoms with van der Waals surface area (Å²) < 4.78 is 0. The molecular weight excluding hydrogens is 208 g/mol. The number of aliphatic carboxylic acids is 1. The first-order valence-corrected chi connectivity index (χ1v) is 5.87. The predicted octanol–water partition coefficient (Wildman–Crippen LogP) is 0.342. The van der Waals surface area contributed by atoms with Gasteiger partial charge in [0.05, 0.1) is 11.8 Å². The lowest BCUT2D eigenvalue weighted by atomic mass is 9.95. The van der Waals surface area contributed by atoms with Crippen LogP contribution in [0.1, 0.15) is 32.1 Å². The van der Waals surface area contributed by atoms with E-state index in [1.54, 1.807) is 0 Å². The second-order valence-corrected chi connectivity index (χ2v) is 4.27. The van der Waals surface area contributed by atoms with E-state index in [1.807, 2.05) is 0 Å². The van der Waals surface area contributed by atoms with Crippen molar-refractivity contribution >= 4 is 11.9 Å². The highest BCUT2D eigenvalue weighted by Gasteiger charge is 2.37.